The number of aromatic nitrogens is 2. The Labute approximate surface area is 185 Å². The minimum atomic E-state index is -0.333. The van der Waals surface area contributed by atoms with E-state index in [0.717, 1.165) is 0 Å². The van der Waals surface area contributed by atoms with Crippen LogP contribution in [0.1, 0.15) is 18.4 Å². The predicted molar refractivity (Wildman–Crippen MR) is 117 cm³/mol. The van der Waals surface area contributed by atoms with Crippen molar-refractivity contribution in [1.29, 1.82) is 0 Å². The highest BCUT2D eigenvalue weighted by Gasteiger charge is 2.26. The van der Waals surface area contributed by atoms with Crippen molar-refractivity contribution in [2.24, 2.45) is 5.92 Å². The Morgan fingerprint density at radius 3 is 2.56 bits per heavy atom. The van der Waals surface area contributed by atoms with Crippen LogP contribution in [0.3, 0.4) is 0 Å². The summed E-state index contributed by atoms with van der Waals surface area (Å²) in [5.41, 5.74) is 0.600. The third kappa shape index (κ3) is 5.57. The van der Waals surface area contributed by atoms with Crippen LogP contribution in [-0.4, -0.2) is 35.5 Å². The lowest BCUT2D eigenvalue weighted by molar-refractivity contribution is -0.125. The van der Waals surface area contributed by atoms with Crippen molar-refractivity contribution in [3.05, 3.63) is 78.0 Å². The van der Waals surface area contributed by atoms with Gasteiger partial charge in [-0.15, -0.1) is 0 Å². The van der Waals surface area contributed by atoms with Crippen LogP contribution in [-0.2, 0) is 11.2 Å². The molecule has 0 aliphatic carbocycles. The summed E-state index contributed by atoms with van der Waals surface area (Å²) in [5.74, 6) is 0.709. The first-order valence-electron chi connectivity index (χ1n) is 10.6. The zero-order chi connectivity index (χ0) is 22.3. The van der Waals surface area contributed by atoms with E-state index < -0.39 is 0 Å². The zero-order valence-corrected chi connectivity index (χ0v) is 17.5. The molecule has 0 unspecified atom stereocenters. The van der Waals surface area contributed by atoms with Crippen LogP contribution in [0.5, 0.6) is 11.6 Å². The molecule has 1 aliphatic rings. The second-order valence-corrected chi connectivity index (χ2v) is 7.64. The van der Waals surface area contributed by atoms with Crippen molar-refractivity contribution in [2.45, 2.75) is 19.3 Å². The predicted octanol–water partition coefficient (Wildman–Crippen LogP) is 4.12. The fourth-order valence-corrected chi connectivity index (χ4v) is 3.67. The monoisotopic (exact) mass is 438 g/mol. The van der Waals surface area contributed by atoms with Crippen LogP contribution < -0.4 is 15.0 Å². The maximum absolute atomic E-state index is 13.7. The lowest BCUT2D eigenvalue weighted by Crippen LogP contribution is -2.41. The SMILES string of the molecule is O=C(NCCc1ccccc1F)C1CCN(c2nccc(Oc3ccc(F)cc3)n2)CC1. The molecule has 1 amide bonds. The Morgan fingerprint density at radius 1 is 1.06 bits per heavy atom. The molecular weight excluding hydrogens is 414 g/mol. The number of amides is 1. The molecule has 166 valence electrons. The number of piperidine rings is 1. The molecule has 6 nitrogen and oxygen atoms in total. The summed E-state index contributed by atoms with van der Waals surface area (Å²) in [5, 5.41) is 2.92. The minimum Gasteiger partial charge on any atom is -0.439 e. The highest BCUT2D eigenvalue weighted by Crippen LogP contribution is 2.24. The van der Waals surface area contributed by atoms with Gasteiger partial charge in [0.05, 0.1) is 0 Å². The van der Waals surface area contributed by atoms with Gasteiger partial charge in [-0.3, -0.25) is 4.79 Å². The zero-order valence-electron chi connectivity index (χ0n) is 17.5. The Kier molecular flexibility index (Phi) is 6.89. The number of anilines is 1. The number of benzene rings is 2. The Balaban J connectivity index is 1.26. The number of carbonyl (C=O) groups is 1. The van der Waals surface area contributed by atoms with Gasteiger partial charge in [-0.25, -0.2) is 13.8 Å². The van der Waals surface area contributed by atoms with Crippen molar-refractivity contribution in [3.63, 3.8) is 0 Å². The van der Waals surface area contributed by atoms with Crippen molar-refractivity contribution in [3.8, 4) is 11.6 Å². The average molecular weight is 438 g/mol. The van der Waals surface area contributed by atoms with E-state index in [0.29, 0.717) is 62.0 Å². The van der Waals surface area contributed by atoms with Crippen molar-refractivity contribution >= 4 is 11.9 Å². The highest BCUT2D eigenvalue weighted by molar-refractivity contribution is 5.78. The summed E-state index contributed by atoms with van der Waals surface area (Å²) in [4.78, 5) is 23.3. The van der Waals surface area contributed by atoms with Crippen LogP contribution in [0.2, 0.25) is 0 Å². The summed E-state index contributed by atoms with van der Waals surface area (Å²) in [6.07, 6.45) is 3.44. The first-order valence-corrected chi connectivity index (χ1v) is 10.6. The van der Waals surface area contributed by atoms with Crippen molar-refractivity contribution < 1.29 is 18.3 Å². The smallest absolute Gasteiger partial charge is 0.228 e. The maximum atomic E-state index is 13.7. The van der Waals surface area contributed by atoms with E-state index in [1.807, 2.05) is 4.90 Å². The van der Waals surface area contributed by atoms with Crippen LogP contribution in [0, 0.1) is 17.6 Å². The van der Waals surface area contributed by atoms with Gasteiger partial charge < -0.3 is 15.0 Å². The standard InChI is InChI=1S/C24H24F2N4O2/c25-19-5-7-20(8-6-19)32-22-10-14-28-24(29-22)30-15-11-18(12-16-30)23(31)27-13-9-17-3-1-2-4-21(17)26/h1-8,10,14,18H,9,11-13,15-16H2,(H,27,31). The molecular formula is C24H24F2N4O2. The quantitative estimate of drug-likeness (QED) is 0.601. The highest BCUT2D eigenvalue weighted by atomic mass is 19.1. The lowest BCUT2D eigenvalue weighted by atomic mass is 9.96. The average Bonchev–Trinajstić information content (AvgIpc) is 2.82. The number of halogens is 2. The largest absolute Gasteiger partial charge is 0.439 e. The van der Waals surface area contributed by atoms with E-state index in [4.69, 9.17) is 4.74 Å². The van der Waals surface area contributed by atoms with Gasteiger partial charge in [0.15, 0.2) is 0 Å². The number of rotatable bonds is 7. The minimum absolute atomic E-state index is 0.00435. The topological polar surface area (TPSA) is 67.4 Å². The summed E-state index contributed by atoms with van der Waals surface area (Å²) in [7, 11) is 0. The number of nitrogens with zero attached hydrogens (tertiary/aromatic N) is 3. The lowest BCUT2D eigenvalue weighted by Gasteiger charge is -2.31. The molecule has 1 saturated heterocycles. The molecule has 32 heavy (non-hydrogen) atoms. The molecule has 3 aromatic rings. The Morgan fingerprint density at radius 2 is 1.81 bits per heavy atom. The van der Waals surface area contributed by atoms with E-state index in [1.54, 1.807) is 30.5 Å². The third-order valence-corrected chi connectivity index (χ3v) is 5.45. The molecule has 4 rings (SSSR count). The van der Waals surface area contributed by atoms with Gasteiger partial charge in [-0.1, -0.05) is 18.2 Å². The van der Waals surface area contributed by atoms with Gasteiger partial charge in [0, 0.05) is 37.8 Å². The number of hydrogen-bond acceptors (Lipinski definition) is 5. The summed E-state index contributed by atoms with van der Waals surface area (Å²) in [6, 6.07) is 14.0. The first-order chi connectivity index (χ1) is 15.6. The second kappa shape index (κ2) is 10.2. The fraction of sp³-hybridized carbons (Fsp3) is 0.292. The van der Waals surface area contributed by atoms with E-state index in [9.17, 15) is 13.6 Å². The third-order valence-electron chi connectivity index (χ3n) is 5.45. The molecule has 0 saturated carbocycles. The summed E-state index contributed by atoms with van der Waals surface area (Å²) in [6.45, 7) is 1.70. The Bertz CT molecular complexity index is 1050. The molecule has 0 bridgehead atoms. The fourth-order valence-electron chi connectivity index (χ4n) is 3.67. The summed E-state index contributed by atoms with van der Waals surface area (Å²) >= 11 is 0. The normalized spacial score (nSPS) is 14.2. The van der Waals surface area contributed by atoms with Gasteiger partial charge in [-0.05, 0) is 55.2 Å². The molecule has 0 spiro atoms. The molecule has 0 atom stereocenters. The molecule has 1 aromatic heterocycles. The number of hydrogen-bond donors (Lipinski definition) is 1. The maximum Gasteiger partial charge on any atom is 0.228 e. The van der Waals surface area contributed by atoms with E-state index in [-0.39, 0.29) is 23.5 Å². The van der Waals surface area contributed by atoms with Crippen LogP contribution in [0.4, 0.5) is 14.7 Å². The van der Waals surface area contributed by atoms with Gasteiger partial charge >= 0.3 is 0 Å². The van der Waals surface area contributed by atoms with Gasteiger partial charge in [-0.2, -0.15) is 4.98 Å². The number of nitrogens with one attached hydrogen (secondary N) is 1. The van der Waals surface area contributed by atoms with E-state index in [2.05, 4.69) is 15.3 Å². The van der Waals surface area contributed by atoms with Crippen LogP contribution in [0.25, 0.3) is 0 Å². The summed E-state index contributed by atoms with van der Waals surface area (Å²) < 4.78 is 32.4. The van der Waals surface area contributed by atoms with Gasteiger partial charge in [0.2, 0.25) is 17.7 Å². The van der Waals surface area contributed by atoms with E-state index in [1.165, 1.54) is 30.3 Å². The molecule has 1 aliphatic heterocycles. The molecule has 2 aromatic carbocycles. The number of carbonyl (C=O) groups excluding carboxylic acids is 1. The van der Waals surface area contributed by atoms with Crippen LogP contribution in [0.15, 0.2) is 60.8 Å². The molecule has 2 heterocycles. The van der Waals surface area contributed by atoms with Crippen molar-refractivity contribution in [1.82, 2.24) is 15.3 Å². The van der Waals surface area contributed by atoms with E-state index >= 15 is 0 Å². The Hall–Kier alpha value is -3.55. The van der Waals surface area contributed by atoms with Gasteiger partial charge in [0.1, 0.15) is 17.4 Å². The molecule has 8 heteroatoms. The van der Waals surface area contributed by atoms with Crippen molar-refractivity contribution in [2.75, 3.05) is 24.5 Å². The first kappa shape index (κ1) is 21.7. The van der Waals surface area contributed by atoms with Gasteiger partial charge in [0.25, 0.3) is 0 Å². The second-order valence-electron chi connectivity index (χ2n) is 7.64. The molecule has 0 radical (unpaired) electrons. The van der Waals surface area contributed by atoms with Crippen LogP contribution >= 0.6 is 0 Å². The molecule has 1 fully saturated rings. The number of ether oxygens (including phenoxy) is 1. The molecule has 1 N–H and O–H groups in total.